The first-order valence-electron chi connectivity index (χ1n) is 10.4. The summed E-state index contributed by atoms with van der Waals surface area (Å²) in [6.45, 7) is 8.16. The van der Waals surface area contributed by atoms with E-state index in [0.29, 0.717) is 32.1 Å². The van der Waals surface area contributed by atoms with Crippen LogP contribution in [0.15, 0.2) is 24.3 Å². The zero-order valence-corrected chi connectivity index (χ0v) is 17.6. The molecule has 1 amide bonds. The third-order valence-electron chi connectivity index (χ3n) is 5.73. The maximum Gasteiger partial charge on any atom is 0.244 e. The highest BCUT2D eigenvalue weighted by molar-refractivity contribution is 5.76. The van der Waals surface area contributed by atoms with Crippen molar-refractivity contribution in [2.24, 2.45) is 0 Å². The standard InChI is InChI=1S/C20H29N7O3/c1-16-13-25(17-5-3-4-6-18(17)29-2)7-8-26(16)20(28)15-27-19(21-22-23-27)14-24-9-11-30-12-10-24/h3-6,16H,7-15H2,1-2H3/t16-/m0/s1. The SMILES string of the molecule is COc1ccccc1N1CCN(C(=O)Cn2nnnc2CN2CCOCC2)[C@@H](C)C1. The molecular weight excluding hydrogens is 386 g/mol. The van der Waals surface area contributed by atoms with Gasteiger partial charge in [-0.05, 0) is 29.5 Å². The van der Waals surface area contributed by atoms with E-state index in [1.54, 1.807) is 11.8 Å². The smallest absolute Gasteiger partial charge is 0.244 e. The van der Waals surface area contributed by atoms with E-state index in [0.717, 1.165) is 37.6 Å². The van der Waals surface area contributed by atoms with Crippen LogP contribution < -0.4 is 9.64 Å². The van der Waals surface area contributed by atoms with E-state index in [2.05, 4.69) is 38.3 Å². The van der Waals surface area contributed by atoms with Crippen LogP contribution in [0, 0.1) is 0 Å². The third kappa shape index (κ3) is 4.54. The minimum Gasteiger partial charge on any atom is -0.495 e. The summed E-state index contributed by atoms with van der Waals surface area (Å²) in [5.41, 5.74) is 1.06. The second-order valence-electron chi connectivity index (χ2n) is 7.70. The Morgan fingerprint density at radius 1 is 1.20 bits per heavy atom. The zero-order chi connectivity index (χ0) is 20.9. The number of carbonyl (C=O) groups is 1. The number of nitrogens with zero attached hydrogens (tertiary/aromatic N) is 7. The molecule has 0 aliphatic carbocycles. The molecule has 10 nitrogen and oxygen atoms in total. The van der Waals surface area contributed by atoms with Gasteiger partial charge in [-0.1, -0.05) is 12.1 Å². The molecule has 0 spiro atoms. The number of methoxy groups -OCH3 is 1. The zero-order valence-electron chi connectivity index (χ0n) is 17.6. The Kier molecular flexibility index (Phi) is 6.44. The fourth-order valence-corrected chi connectivity index (χ4v) is 4.08. The van der Waals surface area contributed by atoms with Gasteiger partial charge in [0.05, 0.1) is 32.6 Å². The number of benzene rings is 1. The molecule has 3 heterocycles. The van der Waals surface area contributed by atoms with Crippen molar-refractivity contribution in [3.63, 3.8) is 0 Å². The molecule has 1 atom stereocenters. The van der Waals surface area contributed by atoms with Gasteiger partial charge in [-0.3, -0.25) is 9.69 Å². The first-order chi connectivity index (χ1) is 14.7. The van der Waals surface area contributed by atoms with E-state index >= 15 is 0 Å². The summed E-state index contributed by atoms with van der Waals surface area (Å²) in [5.74, 6) is 1.61. The molecule has 2 saturated heterocycles. The number of para-hydroxylation sites is 2. The second-order valence-corrected chi connectivity index (χ2v) is 7.70. The van der Waals surface area contributed by atoms with Gasteiger partial charge in [0.1, 0.15) is 12.3 Å². The van der Waals surface area contributed by atoms with Crippen LogP contribution in [0.1, 0.15) is 12.7 Å². The molecule has 2 fully saturated rings. The van der Waals surface area contributed by atoms with Crippen molar-refractivity contribution >= 4 is 11.6 Å². The highest BCUT2D eigenvalue weighted by Gasteiger charge is 2.29. The molecule has 4 rings (SSSR count). The lowest BCUT2D eigenvalue weighted by Gasteiger charge is -2.41. The van der Waals surface area contributed by atoms with Crippen LogP contribution in [0.4, 0.5) is 5.69 Å². The number of ether oxygens (including phenoxy) is 2. The minimum atomic E-state index is 0.0395. The molecule has 2 aromatic rings. The molecular formula is C20H29N7O3. The molecule has 0 saturated carbocycles. The van der Waals surface area contributed by atoms with Crippen LogP contribution in [-0.4, -0.2) is 95.0 Å². The Morgan fingerprint density at radius 2 is 2.00 bits per heavy atom. The summed E-state index contributed by atoms with van der Waals surface area (Å²) < 4.78 is 12.5. The fraction of sp³-hybridized carbons (Fsp3) is 0.600. The summed E-state index contributed by atoms with van der Waals surface area (Å²) in [6.07, 6.45) is 0. The predicted molar refractivity (Wildman–Crippen MR) is 110 cm³/mol. The van der Waals surface area contributed by atoms with Crippen molar-refractivity contribution in [2.45, 2.75) is 26.1 Å². The predicted octanol–water partition coefficient (Wildman–Crippen LogP) is 0.251. The van der Waals surface area contributed by atoms with Gasteiger partial charge in [-0.2, -0.15) is 0 Å². The lowest BCUT2D eigenvalue weighted by Crippen LogP contribution is -2.55. The average Bonchev–Trinajstić information content (AvgIpc) is 3.20. The van der Waals surface area contributed by atoms with Crippen molar-refractivity contribution in [1.29, 1.82) is 0 Å². The maximum atomic E-state index is 13.0. The number of hydrogen-bond acceptors (Lipinski definition) is 8. The van der Waals surface area contributed by atoms with E-state index in [1.807, 2.05) is 23.1 Å². The van der Waals surface area contributed by atoms with Crippen LogP contribution in [0.3, 0.4) is 0 Å². The highest BCUT2D eigenvalue weighted by atomic mass is 16.5. The van der Waals surface area contributed by atoms with Crippen molar-refractivity contribution in [2.75, 3.05) is 57.9 Å². The fourth-order valence-electron chi connectivity index (χ4n) is 4.08. The van der Waals surface area contributed by atoms with E-state index in [-0.39, 0.29) is 18.5 Å². The van der Waals surface area contributed by atoms with Crippen LogP contribution in [0.25, 0.3) is 0 Å². The lowest BCUT2D eigenvalue weighted by molar-refractivity contribution is -0.134. The summed E-state index contributed by atoms with van der Waals surface area (Å²) in [4.78, 5) is 19.5. The molecule has 2 aliphatic rings. The number of rotatable bonds is 6. The molecule has 10 heteroatoms. The number of tetrazole rings is 1. The number of anilines is 1. The maximum absolute atomic E-state index is 13.0. The van der Waals surface area contributed by atoms with Crippen LogP contribution in [-0.2, 0) is 22.6 Å². The van der Waals surface area contributed by atoms with Crippen LogP contribution in [0.5, 0.6) is 5.75 Å². The van der Waals surface area contributed by atoms with Gasteiger partial charge in [0, 0.05) is 38.8 Å². The molecule has 162 valence electrons. The topological polar surface area (TPSA) is 88.8 Å². The van der Waals surface area contributed by atoms with Gasteiger partial charge >= 0.3 is 0 Å². The van der Waals surface area contributed by atoms with Gasteiger partial charge in [0.2, 0.25) is 5.91 Å². The number of carbonyl (C=O) groups excluding carboxylic acids is 1. The summed E-state index contributed by atoms with van der Waals surface area (Å²) in [6, 6.07) is 8.07. The third-order valence-corrected chi connectivity index (χ3v) is 5.73. The minimum absolute atomic E-state index is 0.0395. The van der Waals surface area contributed by atoms with Crippen molar-refractivity contribution < 1.29 is 14.3 Å². The van der Waals surface area contributed by atoms with Crippen molar-refractivity contribution in [1.82, 2.24) is 30.0 Å². The number of amides is 1. The van der Waals surface area contributed by atoms with Gasteiger partial charge in [0.15, 0.2) is 5.82 Å². The summed E-state index contributed by atoms with van der Waals surface area (Å²) in [5, 5.41) is 12.0. The summed E-state index contributed by atoms with van der Waals surface area (Å²) in [7, 11) is 1.68. The largest absolute Gasteiger partial charge is 0.495 e. The quantitative estimate of drug-likeness (QED) is 0.664. The number of morpholine rings is 1. The number of piperazine rings is 1. The average molecular weight is 415 g/mol. The van der Waals surface area contributed by atoms with E-state index < -0.39 is 0 Å². The molecule has 0 bridgehead atoms. The number of hydrogen-bond donors (Lipinski definition) is 0. The Labute approximate surface area is 176 Å². The van der Waals surface area contributed by atoms with Crippen LogP contribution in [0.2, 0.25) is 0 Å². The first-order valence-corrected chi connectivity index (χ1v) is 10.4. The lowest BCUT2D eigenvalue weighted by atomic mass is 10.1. The van der Waals surface area contributed by atoms with Crippen molar-refractivity contribution in [3.05, 3.63) is 30.1 Å². The molecule has 0 radical (unpaired) electrons. The highest BCUT2D eigenvalue weighted by Crippen LogP contribution is 2.29. The Morgan fingerprint density at radius 3 is 2.77 bits per heavy atom. The van der Waals surface area contributed by atoms with E-state index in [9.17, 15) is 4.79 Å². The normalized spacial score (nSPS) is 20.4. The Balaban J connectivity index is 1.37. The van der Waals surface area contributed by atoms with E-state index in [1.165, 1.54) is 0 Å². The van der Waals surface area contributed by atoms with Gasteiger partial charge in [-0.25, -0.2) is 4.68 Å². The van der Waals surface area contributed by atoms with E-state index in [4.69, 9.17) is 9.47 Å². The molecule has 0 unspecified atom stereocenters. The molecule has 1 aromatic heterocycles. The van der Waals surface area contributed by atoms with Crippen molar-refractivity contribution in [3.8, 4) is 5.75 Å². The van der Waals surface area contributed by atoms with Gasteiger partial charge in [-0.15, -0.1) is 5.10 Å². The monoisotopic (exact) mass is 415 g/mol. The molecule has 1 aromatic carbocycles. The molecule has 2 aliphatic heterocycles. The van der Waals surface area contributed by atoms with Crippen LogP contribution >= 0.6 is 0 Å². The molecule has 30 heavy (non-hydrogen) atoms. The first kappa shape index (κ1) is 20.5. The Bertz CT molecular complexity index is 852. The Hall–Kier alpha value is -2.72. The number of aromatic nitrogens is 4. The van der Waals surface area contributed by atoms with Gasteiger partial charge < -0.3 is 19.3 Å². The second kappa shape index (κ2) is 9.40. The summed E-state index contributed by atoms with van der Waals surface area (Å²) >= 11 is 0. The molecule has 0 N–H and O–H groups in total. The van der Waals surface area contributed by atoms with Gasteiger partial charge in [0.25, 0.3) is 0 Å².